The summed E-state index contributed by atoms with van der Waals surface area (Å²) in [5, 5.41) is 5.88. The molecule has 0 unspecified atom stereocenters. The first-order chi connectivity index (χ1) is 10.8. The molecule has 1 fully saturated rings. The Kier molecular flexibility index (Phi) is 5.69. The van der Waals surface area contributed by atoms with Gasteiger partial charge in [-0.3, -0.25) is 4.79 Å². The van der Waals surface area contributed by atoms with Gasteiger partial charge in [0.2, 0.25) is 5.91 Å². The number of hydrogen-bond acceptors (Lipinski definition) is 4. The molecule has 0 aliphatic carbocycles. The standard InChI is InChI=1S/C14H18ClF3N4O/c1-9-7-19-4-5-22(9)12(23)2-3-20-13-11(15)6-10(8-21-13)14(16,17)18/h6,8-9,19H,2-5,7H2,1H3,(H,20,21)/t9-/m0/s1. The fourth-order valence-electron chi connectivity index (χ4n) is 2.37. The fourth-order valence-corrected chi connectivity index (χ4v) is 2.60. The van der Waals surface area contributed by atoms with E-state index in [1.807, 2.05) is 6.92 Å². The molecule has 23 heavy (non-hydrogen) atoms. The zero-order valence-electron chi connectivity index (χ0n) is 12.6. The van der Waals surface area contributed by atoms with Crippen molar-refractivity contribution in [2.75, 3.05) is 31.5 Å². The summed E-state index contributed by atoms with van der Waals surface area (Å²) in [4.78, 5) is 17.6. The Morgan fingerprint density at radius 1 is 1.57 bits per heavy atom. The molecule has 1 atom stereocenters. The molecule has 1 aliphatic rings. The first-order valence-corrected chi connectivity index (χ1v) is 7.63. The number of carbonyl (C=O) groups excluding carboxylic acids is 1. The molecular weight excluding hydrogens is 333 g/mol. The minimum absolute atomic E-state index is 0.00506. The Morgan fingerprint density at radius 2 is 2.30 bits per heavy atom. The normalized spacial score (nSPS) is 18.8. The minimum atomic E-state index is -4.48. The number of amides is 1. The maximum absolute atomic E-state index is 12.5. The SMILES string of the molecule is C[C@H]1CNCCN1C(=O)CCNc1ncc(C(F)(F)F)cc1Cl. The Bertz CT molecular complexity index is 567. The largest absolute Gasteiger partial charge is 0.417 e. The second kappa shape index (κ2) is 7.35. The number of halogens is 4. The van der Waals surface area contributed by atoms with Gasteiger partial charge in [0, 0.05) is 44.8 Å². The molecule has 1 amide bonds. The number of nitrogens with one attached hydrogen (secondary N) is 2. The summed E-state index contributed by atoms with van der Waals surface area (Å²) in [6, 6.07) is 0.945. The lowest BCUT2D eigenvalue weighted by Crippen LogP contribution is -2.52. The minimum Gasteiger partial charge on any atom is -0.368 e. The van der Waals surface area contributed by atoms with Crippen LogP contribution in [0, 0.1) is 0 Å². The number of anilines is 1. The van der Waals surface area contributed by atoms with Crippen molar-refractivity contribution in [3.8, 4) is 0 Å². The van der Waals surface area contributed by atoms with Gasteiger partial charge in [0.25, 0.3) is 0 Å². The van der Waals surface area contributed by atoms with Gasteiger partial charge >= 0.3 is 6.18 Å². The Balaban J connectivity index is 1.87. The summed E-state index contributed by atoms with van der Waals surface area (Å²) in [6.45, 7) is 4.39. The molecule has 1 aliphatic heterocycles. The highest BCUT2D eigenvalue weighted by Gasteiger charge is 2.31. The van der Waals surface area contributed by atoms with Crippen molar-refractivity contribution in [3.63, 3.8) is 0 Å². The second-order valence-corrected chi connectivity index (χ2v) is 5.78. The number of alkyl halides is 3. The van der Waals surface area contributed by atoms with E-state index in [2.05, 4.69) is 15.6 Å². The van der Waals surface area contributed by atoms with Crippen molar-refractivity contribution in [1.82, 2.24) is 15.2 Å². The summed E-state index contributed by atoms with van der Waals surface area (Å²) >= 11 is 5.79. The summed E-state index contributed by atoms with van der Waals surface area (Å²) < 4.78 is 37.6. The molecule has 9 heteroatoms. The van der Waals surface area contributed by atoms with Crippen molar-refractivity contribution >= 4 is 23.3 Å². The molecule has 2 rings (SSSR count). The predicted molar refractivity (Wildman–Crippen MR) is 81.4 cm³/mol. The highest BCUT2D eigenvalue weighted by Crippen LogP contribution is 2.32. The quantitative estimate of drug-likeness (QED) is 0.875. The molecule has 2 N–H and O–H groups in total. The highest BCUT2D eigenvalue weighted by atomic mass is 35.5. The van der Waals surface area contributed by atoms with Gasteiger partial charge in [-0.05, 0) is 13.0 Å². The molecule has 0 radical (unpaired) electrons. The summed E-state index contributed by atoms with van der Waals surface area (Å²) in [6.07, 6.45) is -3.54. The monoisotopic (exact) mass is 350 g/mol. The highest BCUT2D eigenvalue weighted by molar-refractivity contribution is 6.32. The third-order valence-corrected chi connectivity index (χ3v) is 3.91. The van der Waals surface area contributed by atoms with Gasteiger partial charge < -0.3 is 15.5 Å². The van der Waals surface area contributed by atoms with Crippen LogP contribution < -0.4 is 10.6 Å². The first-order valence-electron chi connectivity index (χ1n) is 7.26. The maximum Gasteiger partial charge on any atom is 0.417 e. The van der Waals surface area contributed by atoms with Gasteiger partial charge in [-0.1, -0.05) is 11.6 Å². The zero-order valence-corrected chi connectivity index (χ0v) is 13.3. The maximum atomic E-state index is 12.5. The lowest BCUT2D eigenvalue weighted by atomic mass is 10.2. The van der Waals surface area contributed by atoms with Crippen LogP contribution in [0.15, 0.2) is 12.3 Å². The summed E-state index contributed by atoms with van der Waals surface area (Å²) in [5.74, 6) is 0.135. The molecule has 0 saturated carbocycles. The van der Waals surface area contributed by atoms with E-state index in [1.165, 1.54) is 0 Å². The van der Waals surface area contributed by atoms with Gasteiger partial charge in [0.1, 0.15) is 5.82 Å². The van der Waals surface area contributed by atoms with Crippen molar-refractivity contribution in [2.45, 2.75) is 25.6 Å². The molecule has 0 spiro atoms. The van der Waals surface area contributed by atoms with Crippen LogP contribution in [-0.4, -0.2) is 48.0 Å². The molecular formula is C14H18ClF3N4O. The van der Waals surface area contributed by atoms with Crippen LogP contribution in [0.2, 0.25) is 5.02 Å². The molecule has 2 heterocycles. The van der Waals surface area contributed by atoms with Crippen molar-refractivity contribution in [3.05, 3.63) is 22.8 Å². The molecule has 0 bridgehead atoms. The number of hydrogen-bond donors (Lipinski definition) is 2. The third-order valence-electron chi connectivity index (χ3n) is 3.62. The van der Waals surface area contributed by atoms with E-state index in [4.69, 9.17) is 11.6 Å². The molecule has 1 saturated heterocycles. The van der Waals surface area contributed by atoms with Crippen LogP contribution in [0.4, 0.5) is 19.0 Å². The van der Waals surface area contributed by atoms with Gasteiger partial charge in [-0.25, -0.2) is 4.98 Å². The Hall–Kier alpha value is -1.54. The Morgan fingerprint density at radius 3 is 2.91 bits per heavy atom. The average molecular weight is 351 g/mol. The van der Waals surface area contributed by atoms with Crippen LogP contribution in [0.3, 0.4) is 0 Å². The lowest BCUT2D eigenvalue weighted by Gasteiger charge is -2.34. The fraction of sp³-hybridized carbons (Fsp3) is 0.571. The molecule has 1 aromatic heterocycles. The second-order valence-electron chi connectivity index (χ2n) is 5.37. The van der Waals surface area contributed by atoms with E-state index in [9.17, 15) is 18.0 Å². The number of piperazine rings is 1. The van der Waals surface area contributed by atoms with E-state index in [1.54, 1.807) is 4.90 Å². The van der Waals surface area contributed by atoms with E-state index < -0.39 is 11.7 Å². The first kappa shape index (κ1) is 17.8. The van der Waals surface area contributed by atoms with E-state index in [0.29, 0.717) is 12.7 Å². The van der Waals surface area contributed by atoms with Crippen LogP contribution in [0.1, 0.15) is 18.9 Å². The van der Waals surface area contributed by atoms with Crippen LogP contribution in [0.5, 0.6) is 0 Å². The summed E-state index contributed by atoms with van der Waals surface area (Å²) in [7, 11) is 0. The molecule has 5 nitrogen and oxygen atoms in total. The van der Waals surface area contributed by atoms with Crippen LogP contribution in [-0.2, 0) is 11.0 Å². The van der Waals surface area contributed by atoms with Crippen LogP contribution >= 0.6 is 11.6 Å². The lowest BCUT2D eigenvalue weighted by molar-refractivity contribution is -0.137. The smallest absolute Gasteiger partial charge is 0.368 e. The number of carbonyl (C=O) groups is 1. The number of aromatic nitrogens is 1. The van der Waals surface area contributed by atoms with Gasteiger partial charge in [-0.2, -0.15) is 13.2 Å². The van der Waals surface area contributed by atoms with Gasteiger partial charge in [0.15, 0.2) is 0 Å². The molecule has 0 aromatic carbocycles. The van der Waals surface area contributed by atoms with Gasteiger partial charge in [-0.15, -0.1) is 0 Å². The third kappa shape index (κ3) is 4.71. The topological polar surface area (TPSA) is 57.3 Å². The van der Waals surface area contributed by atoms with Crippen LogP contribution in [0.25, 0.3) is 0 Å². The number of pyridine rings is 1. The Labute approximate surface area is 137 Å². The van der Waals surface area contributed by atoms with E-state index in [0.717, 1.165) is 19.2 Å². The van der Waals surface area contributed by atoms with Crippen molar-refractivity contribution in [2.24, 2.45) is 0 Å². The predicted octanol–water partition coefficient (Wildman–Crippen LogP) is 2.38. The van der Waals surface area contributed by atoms with Crippen molar-refractivity contribution < 1.29 is 18.0 Å². The van der Waals surface area contributed by atoms with E-state index >= 15 is 0 Å². The average Bonchev–Trinajstić information content (AvgIpc) is 2.48. The van der Waals surface area contributed by atoms with Crippen molar-refractivity contribution in [1.29, 1.82) is 0 Å². The number of nitrogens with zero attached hydrogens (tertiary/aromatic N) is 2. The summed E-state index contributed by atoms with van der Waals surface area (Å²) in [5.41, 5.74) is -0.904. The molecule has 1 aromatic rings. The van der Waals surface area contributed by atoms with Gasteiger partial charge in [0.05, 0.1) is 10.6 Å². The van der Waals surface area contributed by atoms with E-state index in [-0.39, 0.29) is 35.8 Å². The molecule has 128 valence electrons. The zero-order chi connectivity index (χ0) is 17.0. The number of rotatable bonds is 4.